The predicted octanol–water partition coefficient (Wildman–Crippen LogP) is 15.0. The van der Waals surface area contributed by atoms with Gasteiger partial charge in [-0.25, -0.2) is 4.98 Å². The molecule has 0 bridgehead atoms. The third-order valence-corrected chi connectivity index (χ3v) is 14.1. The van der Waals surface area contributed by atoms with Crippen molar-refractivity contribution in [2.45, 2.75) is 66.0 Å². The Morgan fingerprint density at radius 2 is 1.38 bits per heavy atom. The van der Waals surface area contributed by atoms with E-state index in [1.807, 2.05) is 91.1 Å². The number of rotatable bonds is 7. The number of furan rings is 2. The van der Waals surface area contributed by atoms with Gasteiger partial charge in [-0.2, -0.15) is 0 Å². The molecule has 0 amide bonds. The third-order valence-electron chi connectivity index (χ3n) is 12.0. The molecule has 0 saturated heterocycles. The maximum atomic E-state index is 8.33. The number of para-hydroxylation sites is 3. The molecule has 6 aromatic carbocycles. The monoisotopic (exact) mass is 1050 g/mol. The second-order valence-corrected chi connectivity index (χ2v) is 23.1. The molecule has 0 aliphatic carbocycles. The van der Waals surface area contributed by atoms with Crippen LogP contribution in [0.5, 0.6) is 0 Å². The molecule has 0 unspecified atom stereocenters. The van der Waals surface area contributed by atoms with Crippen molar-refractivity contribution in [3.63, 3.8) is 0 Å². The van der Waals surface area contributed by atoms with Gasteiger partial charge in [0.2, 0.25) is 5.71 Å². The Hall–Kier alpha value is -6.44. The summed E-state index contributed by atoms with van der Waals surface area (Å²) in [5, 5.41) is 4.36. The summed E-state index contributed by atoms with van der Waals surface area (Å²) in [6, 6.07) is 53.6. The van der Waals surface area contributed by atoms with E-state index in [1.54, 1.807) is 0 Å². The van der Waals surface area contributed by atoms with Gasteiger partial charge >= 0.3 is 0 Å². The van der Waals surface area contributed by atoms with Crippen LogP contribution >= 0.6 is 0 Å². The van der Waals surface area contributed by atoms with Crippen molar-refractivity contribution in [2.75, 3.05) is 0 Å². The second kappa shape index (κ2) is 17.5. The summed E-state index contributed by atoms with van der Waals surface area (Å²) in [6.07, 6.45) is 2.02. The topological polar surface area (TPSA) is 69.9 Å². The van der Waals surface area contributed by atoms with E-state index in [2.05, 4.69) is 129 Å². The van der Waals surface area contributed by atoms with Crippen LogP contribution in [0.1, 0.15) is 60.5 Å². The molecule has 0 N–H and O–H groups in total. The molecule has 1 radical (unpaired) electrons. The average Bonchev–Trinajstić information content (AvgIpc) is 4.02. The molecule has 6 nitrogen and oxygen atoms in total. The molecule has 325 valence electrons. The van der Waals surface area contributed by atoms with Gasteiger partial charge in [-0.3, -0.25) is 4.98 Å². The van der Waals surface area contributed by atoms with Crippen LogP contribution < -0.4 is 5.19 Å². The summed E-state index contributed by atoms with van der Waals surface area (Å²) in [4.78, 5) is 14.4. The van der Waals surface area contributed by atoms with E-state index >= 15 is 0 Å². The Morgan fingerprint density at radius 3 is 2.08 bits per heavy atom. The van der Waals surface area contributed by atoms with Crippen molar-refractivity contribution in [1.82, 2.24) is 19.5 Å². The number of fused-ring (bicyclic) bond motifs is 8. The first-order valence-electron chi connectivity index (χ1n) is 23.4. The summed E-state index contributed by atoms with van der Waals surface area (Å²) in [6.45, 7) is 13.4. The third kappa shape index (κ3) is 7.94. The van der Waals surface area contributed by atoms with Crippen LogP contribution in [0, 0.1) is 19.0 Å². The summed E-state index contributed by atoms with van der Waals surface area (Å²) >= 11 is 0. The number of benzene rings is 6. The van der Waals surface area contributed by atoms with Crippen LogP contribution in [0.3, 0.4) is 0 Å². The second-order valence-electron chi connectivity index (χ2n) is 18.0. The Morgan fingerprint density at radius 1 is 0.662 bits per heavy atom. The Balaban J connectivity index is 0.000000289. The smallest absolute Gasteiger partial charge is 0.217 e. The van der Waals surface area contributed by atoms with Gasteiger partial charge < -0.3 is 18.4 Å². The van der Waals surface area contributed by atoms with Crippen LogP contribution in [0.2, 0.25) is 19.6 Å². The van der Waals surface area contributed by atoms with E-state index in [9.17, 15) is 0 Å². The standard InChI is InChI=1S/C43H34N3O2.C14H16NSi.Ir/c1-24(2)32-22-28(27-14-7-6-8-15-27)23-33(25(3)4)39(32)46-35-20-11-10-19-34(35)45-42(46)31-18-13-17-30-38-37-29-16-9-12-21-36(29)47-40(37)26(5)44-43(38)48-41(30)31;1-16(2,3)13-9-10-14(15-11-13)12-7-5-4-6-8-12;/h6-17,19-25H,1-5H3;4-7,9-11H,1-3H3;/q2*-1;/i5D3;;. The predicted molar refractivity (Wildman–Crippen MR) is 268 cm³/mol. The minimum absolute atomic E-state index is 0. The molecule has 0 aliphatic heterocycles. The van der Waals surface area contributed by atoms with Gasteiger partial charge in [-0.05, 0) is 82.2 Å². The molecule has 0 aliphatic rings. The van der Waals surface area contributed by atoms with Crippen LogP contribution in [0.15, 0.2) is 155 Å². The maximum Gasteiger partial charge on any atom is 0.217 e. The fraction of sp³-hybridized carbons (Fsp3) is 0.175. The Bertz CT molecular complexity index is 3580. The van der Waals surface area contributed by atoms with E-state index in [4.69, 9.17) is 17.9 Å². The van der Waals surface area contributed by atoms with E-state index < -0.39 is 14.9 Å². The number of imidazole rings is 1. The molecule has 5 aromatic heterocycles. The minimum Gasteiger partial charge on any atom is -0.486 e. The largest absolute Gasteiger partial charge is 0.486 e. The van der Waals surface area contributed by atoms with E-state index in [1.165, 1.54) is 27.4 Å². The summed E-state index contributed by atoms with van der Waals surface area (Å²) in [7, 11) is -1.23. The number of nitrogens with zero attached hydrogens (tertiary/aromatic N) is 4. The van der Waals surface area contributed by atoms with E-state index in [0.717, 1.165) is 38.8 Å². The van der Waals surface area contributed by atoms with Gasteiger partial charge in [0, 0.05) is 52.3 Å². The van der Waals surface area contributed by atoms with Crippen molar-refractivity contribution >= 4 is 68.3 Å². The van der Waals surface area contributed by atoms with Gasteiger partial charge in [0.05, 0.1) is 36.2 Å². The van der Waals surface area contributed by atoms with E-state index in [0.29, 0.717) is 33.3 Å². The first kappa shape index (κ1) is 40.1. The van der Waals surface area contributed by atoms with Gasteiger partial charge in [0.15, 0.2) is 5.58 Å². The number of aryl methyl sites for hydroxylation is 1. The number of aromatic nitrogens is 4. The van der Waals surface area contributed by atoms with Crippen molar-refractivity contribution < 1.29 is 33.1 Å². The fourth-order valence-corrected chi connectivity index (χ4v) is 9.77. The molecule has 0 spiro atoms. The van der Waals surface area contributed by atoms with Gasteiger partial charge in [-0.15, -0.1) is 54.1 Å². The summed E-state index contributed by atoms with van der Waals surface area (Å²) < 4.78 is 40.1. The van der Waals surface area contributed by atoms with Crippen LogP contribution in [-0.2, 0) is 20.1 Å². The normalized spacial score (nSPS) is 12.7. The SMILES string of the molecule is C[Si](C)(C)c1ccc(-c2[c-]cccc2)nc1.[2H]C([2H])([2H])c1nc2oc3c(-c4nc5ccccc5n4-c4c(C(C)C)cc(-c5ccccc5)cc4C(C)C)[c-]ccc3c2c2c1oc1ccccc12.[Ir]. The van der Waals surface area contributed by atoms with Gasteiger partial charge in [0.1, 0.15) is 5.58 Å². The fourth-order valence-electron chi connectivity index (χ4n) is 8.73. The molecule has 11 aromatic rings. The molecule has 5 heterocycles. The molecule has 0 saturated carbocycles. The van der Waals surface area contributed by atoms with Crippen molar-refractivity contribution in [3.05, 3.63) is 175 Å². The zero-order valence-electron chi connectivity index (χ0n) is 40.4. The zero-order valence-corrected chi connectivity index (χ0v) is 40.8. The number of pyridine rings is 2. The molecule has 65 heavy (non-hydrogen) atoms. The minimum atomic E-state index is -2.52. The van der Waals surface area contributed by atoms with Crippen molar-refractivity contribution in [3.8, 4) is 39.5 Å². The van der Waals surface area contributed by atoms with E-state index in [-0.39, 0.29) is 48.9 Å². The molecule has 11 rings (SSSR count). The number of hydrogen-bond donors (Lipinski definition) is 0. The molecule has 0 fully saturated rings. The average molecular weight is 1050 g/mol. The van der Waals surface area contributed by atoms with Crippen LogP contribution in [0.4, 0.5) is 0 Å². The molecule has 0 atom stereocenters. The first-order chi connectivity index (χ1) is 32.2. The molecular weight excluding hydrogens is 993 g/mol. The zero-order chi connectivity index (χ0) is 46.8. The van der Waals surface area contributed by atoms with Crippen LogP contribution in [-0.4, -0.2) is 27.6 Å². The quantitative estimate of drug-likeness (QED) is 0.117. The van der Waals surface area contributed by atoms with Crippen molar-refractivity contribution in [2.24, 2.45) is 0 Å². The Labute approximate surface area is 399 Å². The Kier molecular flexibility index (Phi) is 10.8. The van der Waals surface area contributed by atoms with Crippen LogP contribution in [0.25, 0.3) is 94.5 Å². The molecule has 8 heteroatoms. The summed E-state index contributed by atoms with van der Waals surface area (Å²) in [5.74, 6) is 1.08. The summed E-state index contributed by atoms with van der Waals surface area (Å²) in [5.41, 5.74) is 11.9. The van der Waals surface area contributed by atoms with Gasteiger partial charge in [-0.1, -0.05) is 131 Å². The van der Waals surface area contributed by atoms with Gasteiger partial charge in [0.25, 0.3) is 0 Å². The maximum absolute atomic E-state index is 8.33. The van der Waals surface area contributed by atoms with Crippen molar-refractivity contribution in [1.29, 1.82) is 0 Å². The first-order valence-corrected chi connectivity index (χ1v) is 25.4. The molecular formula is C57H50IrN4O2Si-2. The number of hydrogen-bond acceptors (Lipinski definition) is 5.